The van der Waals surface area contributed by atoms with Crippen LogP contribution in [0, 0.1) is 0 Å². The molecule has 0 saturated carbocycles. The van der Waals surface area contributed by atoms with E-state index in [2.05, 4.69) is 455 Å². The molecule has 628 valence electrons. The van der Waals surface area contributed by atoms with Crippen LogP contribution >= 0.6 is 0 Å². The van der Waals surface area contributed by atoms with Crippen LogP contribution in [0.25, 0.3) is 285 Å². The number of aromatic nitrogens is 8. The lowest BCUT2D eigenvalue weighted by molar-refractivity contribution is 1.18. The Bertz CT molecular complexity index is 10400. The van der Waals surface area contributed by atoms with E-state index in [9.17, 15) is 0 Å². The van der Waals surface area contributed by atoms with Crippen molar-refractivity contribution in [3.05, 3.63) is 461 Å². The molecule has 0 aliphatic heterocycles. The topological polar surface area (TPSA) is 71.3 Å². The van der Waals surface area contributed by atoms with E-state index in [1.165, 1.54) is 168 Å². The minimum Gasteiger partial charge on any atom is -0.309 e. The third kappa shape index (κ3) is 11.6. The number of rotatable bonds is 8. The lowest BCUT2D eigenvalue weighted by Gasteiger charge is -2.17. The molecule has 6 aromatic heterocycles. The molecule has 0 radical (unpaired) electrons. The normalized spacial score (nSPS) is 12.1. The molecule has 0 fully saturated rings. The average Bonchev–Trinajstić information content (AvgIpc) is 1.57. The van der Waals surface area contributed by atoms with E-state index < -0.39 is 0 Å². The van der Waals surface area contributed by atoms with Gasteiger partial charge >= 0.3 is 0 Å². The summed E-state index contributed by atoms with van der Waals surface area (Å²) in [6, 6.07) is 168. The van der Waals surface area contributed by atoms with Gasteiger partial charge in [-0.3, -0.25) is 0 Å². The maximum absolute atomic E-state index is 5.45. The van der Waals surface area contributed by atoms with Gasteiger partial charge in [-0.15, -0.1) is 0 Å². The van der Waals surface area contributed by atoms with Crippen molar-refractivity contribution in [2.75, 3.05) is 0 Å². The number of benzene rings is 24. The second-order valence-corrected chi connectivity index (χ2v) is 36.3. The van der Waals surface area contributed by atoms with E-state index in [4.69, 9.17) is 19.9 Å². The number of hydrogen-bond donors (Lipinski definition) is 0. The van der Waals surface area contributed by atoms with E-state index in [1.54, 1.807) is 0 Å². The van der Waals surface area contributed by atoms with Crippen LogP contribution in [0.2, 0.25) is 0 Å². The molecular weight excluding hydrogens is 1650 g/mol. The summed E-state index contributed by atoms with van der Waals surface area (Å²) < 4.78 is 9.78. The first kappa shape index (κ1) is 75.6. The highest BCUT2D eigenvalue weighted by Gasteiger charge is 2.26. The van der Waals surface area contributed by atoms with Gasteiger partial charge in [-0.2, -0.15) is 0 Å². The minimum absolute atomic E-state index is 0.854. The fourth-order valence-corrected chi connectivity index (χ4v) is 22.6. The number of nitrogens with zero attached hydrogens (tertiary/aromatic N) is 8. The van der Waals surface area contributed by atoms with Crippen LogP contribution in [-0.2, 0) is 0 Å². The maximum atomic E-state index is 5.45. The quantitative estimate of drug-likeness (QED) is 0.142. The van der Waals surface area contributed by atoms with Crippen molar-refractivity contribution in [3.8, 4) is 67.8 Å². The molecule has 0 atom stereocenters. The van der Waals surface area contributed by atoms with Crippen LogP contribution in [0.5, 0.6) is 0 Å². The lowest BCUT2D eigenvalue weighted by Crippen LogP contribution is -1.99. The standard InChI is InChI=1S/2C64H38N4/c1-4-16-48-39(13-1)25-26-43-33-44(28-31-49(43)48)63-64(66-56-22-10-9-21-55(56)65-63)46-34-42-15-3-5-17-50(42)60(38-46)68-57-23-11-7-19-52(57)54-36-45-35-47(30-27-41(45)37-61(54)68)67-58-24-12-8-20-53(58)62-51-18-6-2-14-40(51)29-32-59(62)67;1-4-16-49-40(13-1)29-32-60-62(49)53-20-8-12-24-59(53)67(60)46-31-28-41-38-61-54(37-45(41)35-46)52-19-7-11-23-58(52)68(61)47-30-27-39-25-26-43(33-44(39)34-47)63-64(66-57-22-10-9-21-56(57)65-63)55-36-42-14-2-3-15-48(42)50-17-5-6-18-51(50)55/h2*1-38H. The first-order valence-electron chi connectivity index (χ1n) is 46.6. The van der Waals surface area contributed by atoms with Crippen molar-refractivity contribution >= 4 is 217 Å². The van der Waals surface area contributed by atoms with Crippen LogP contribution in [0.15, 0.2) is 461 Å². The highest BCUT2D eigenvalue weighted by Crippen LogP contribution is 2.48. The Hall–Kier alpha value is -18.2. The molecule has 0 aliphatic rings. The fraction of sp³-hybridized carbons (Fsp3) is 0. The zero-order valence-corrected chi connectivity index (χ0v) is 73.5. The Labute approximate surface area is 778 Å². The molecule has 30 rings (SSSR count). The molecule has 24 aromatic carbocycles. The lowest BCUT2D eigenvalue weighted by atomic mass is 9.93. The van der Waals surface area contributed by atoms with Gasteiger partial charge in [-0.25, -0.2) is 19.9 Å². The van der Waals surface area contributed by atoms with Gasteiger partial charge in [0.25, 0.3) is 0 Å². The molecule has 0 aliphatic carbocycles. The van der Waals surface area contributed by atoms with E-state index in [0.717, 1.165) is 117 Å². The summed E-state index contributed by atoms with van der Waals surface area (Å²) in [5, 5.41) is 34.1. The Morgan fingerprint density at radius 2 is 0.463 bits per heavy atom. The van der Waals surface area contributed by atoms with Gasteiger partial charge in [-0.05, 0) is 254 Å². The van der Waals surface area contributed by atoms with Gasteiger partial charge in [0.2, 0.25) is 0 Å². The minimum atomic E-state index is 0.854. The summed E-state index contributed by atoms with van der Waals surface area (Å²) in [5.41, 5.74) is 25.1. The van der Waals surface area contributed by atoms with E-state index in [0.29, 0.717) is 0 Å². The molecule has 0 spiro atoms. The van der Waals surface area contributed by atoms with Crippen LogP contribution in [0.3, 0.4) is 0 Å². The summed E-state index contributed by atoms with van der Waals surface area (Å²) in [7, 11) is 0. The van der Waals surface area contributed by atoms with Gasteiger partial charge in [0.15, 0.2) is 0 Å². The number of para-hydroxylation sites is 8. The molecule has 8 nitrogen and oxygen atoms in total. The smallest absolute Gasteiger partial charge is 0.0979 e. The fourth-order valence-electron chi connectivity index (χ4n) is 22.6. The molecule has 0 amide bonds. The molecule has 0 N–H and O–H groups in total. The van der Waals surface area contributed by atoms with Crippen molar-refractivity contribution < 1.29 is 0 Å². The summed E-state index contributed by atoms with van der Waals surface area (Å²) in [6.45, 7) is 0. The first-order valence-corrected chi connectivity index (χ1v) is 46.6. The van der Waals surface area contributed by atoms with E-state index in [-0.39, 0.29) is 0 Å². The number of fused-ring (bicyclic) bond motifs is 28. The van der Waals surface area contributed by atoms with Crippen molar-refractivity contribution in [1.29, 1.82) is 0 Å². The molecular formula is C128H76N8. The summed E-state index contributed by atoms with van der Waals surface area (Å²) in [5.74, 6) is 0. The third-order valence-electron chi connectivity index (χ3n) is 28.8. The largest absolute Gasteiger partial charge is 0.309 e. The second kappa shape index (κ2) is 29.6. The summed E-state index contributed by atoms with van der Waals surface area (Å²) >= 11 is 0. The Balaban J connectivity index is 0.000000132. The monoisotopic (exact) mass is 1720 g/mol. The second-order valence-electron chi connectivity index (χ2n) is 36.3. The Morgan fingerprint density at radius 1 is 0.140 bits per heavy atom. The highest BCUT2D eigenvalue weighted by molar-refractivity contribution is 6.25. The zero-order chi connectivity index (χ0) is 88.9. The van der Waals surface area contributed by atoms with Gasteiger partial charge in [0.1, 0.15) is 0 Å². The maximum Gasteiger partial charge on any atom is 0.0979 e. The average molecular weight is 1730 g/mol. The third-order valence-corrected chi connectivity index (χ3v) is 28.8. The van der Waals surface area contributed by atoms with E-state index >= 15 is 0 Å². The first-order chi connectivity index (χ1) is 67.4. The Morgan fingerprint density at radius 3 is 1.01 bits per heavy atom. The van der Waals surface area contributed by atoms with Gasteiger partial charge < -0.3 is 18.3 Å². The van der Waals surface area contributed by atoms with Crippen LogP contribution in [0.1, 0.15) is 0 Å². The summed E-state index contributed by atoms with van der Waals surface area (Å²) in [4.78, 5) is 21.6. The highest BCUT2D eigenvalue weighted by atomic mass is 15.0. The van der Waals surface area contributed by atoms with Gasteiger partial charge in [-0.1, -0.05) is 309 Å². The van der Waals surface area contributed by atoms with Crippen molar-refractivity contribution in [3.63, 3.8) is 0 Å². The van der Waals surface area contributed by atoms with Crippen molar-refractivity contribution in [2.24, 2.45) is 0 Å². The zero-order valence-electron chi connectivity index (χ0n) is 73.5. The van der Waals surface area contributed by atoms with Gasteiger partial charge in [0.05, 0.1) is 94.7 Å². The molecule has 6 heterocycles. The summed E-state index contributed by atoms with van der Waals surface area (Å²) in [6.07, 6.45) is 0. The van der Waals surface area contributed by atoms with Crippen molar-refractivity contribution in [1.82, 2.24) is 38.2 Å². The molecule has 0 bridgehead atoms. The molecule has 8 heteroatoms. The predicted molar refractivity (Wildman–Crippen MR) is 573 cm³/mol. The molecule has 0 saturated heterocycles. The van der Waals surface area contributed by atoms with Crippen LogP contribution < -0.4 is 0 Å². The van der Waals surface area contributed by atoms with Crippen LogP contribution in [0.4, 0.5) is 0 Å². The predicted octanol–water partition coefficient (Wildman–Crippen LogP) is 33.8. The van der Waals surface area contributed by atoms with E-state index in [1.807, 2.05) is 24.3 Å². The van der Waals surface area contributed by atoms with Crippen molar-refractivity contribution in [2.45, 2.75) is 0 Å². The SMILES string of the molecule is c1ccc2c(-n3c4ccccc4c4cc5cc(-n6c7ccccc7c7c8ccccc8ccc76)ccc5cc43)cc(-c3nc4ccccc4nc3-c3ccc4c(ccc5ccccc54)c3)cc2c1.c1ccc2c(c1)cc(-c1nc3ccccc3nc1-c1ccc3ccc(-n4c5ccccc5c5cc6cc(-n7c8ccccc8c8c9ccccc9ccc87)ccc6cc54)cc3c1)c1ccccc12. The molecule has 0 unspecified atom stereocenters. The Kier molecular flexibility index (Phi) is 16.5. The molecule has 136 heavy (non-hydrogen) atoms. The van der Waals surface area contributed by atoms with Crippen LogP contribution in [-0.4, -0.2) is 38.2 Å². The van der Waals surface area contributed by atoms with Gasteiger partial charge in [0, 0.05) is 87.8 Å². The number of hydrogen-bond acceptors (Lipinski definition) is 4. The molecule has 30 aromatic rings.